The third-order valence-electron chi connectivity index (χ3n) is 2.37. The molecule has 1 atom stereocenters. The van der Waals surface area contributed by atoms with Crippen LogP contribution in [0, 0.1) is 6.92 Å². The Morgan fingerprint density at radius 3 is 2.87 bits per heavy atom. The maximum absolute atomic E-state index is 6.08. The molecule has 0 aliphatic rings. The number of nitrogens with two attached hydrogens (primary N) is 1. The molecule has 3 heteroatoms. The van der Waals surface area contributed by atoms with Gasteiger partial charge < -0.3 is 5.73 Å². The van der Waals surface area contributed by atoms with Gasteiger partial charge >= 0.3 is 0 Å². The highest BCUT2D eigenvalue weighted by molar-refractivity contribution is 7.07. The van der Waals surface area contributed by atoms with Gasteiger partial charge in [0.2, 0.25) is 0 Å². The molecule has 2 aromatic heterocycles. The zero-order valence-corrected chi connectivity index (χ0v) is 9.50. The highest BCUT2D eigenvalue weighted by Crippen LogP contribution is 2.17. The second kappa shape index (κ2) is 4.55. The van der Waals surface area contributed by atoms with E-state index < -0.39 is 0 Å². The predicted molar refractivity (Wildman–Crippen MR) is 63.9 cm³/mol. The Labute approximate surface area is 93.8 Å². The van der Waals surface area contributed by atoms with Crippen LogP contribution in [-0.4, -0.2) is 4.98 Å². The maximum atomic E-state index is 6.08. The topological polar surface area (TPSA) is 38.9 Å². The third kappa shape index (κ3) is 2.64. The molecule has 2 aromatic rings. The molecule has 2 rings (SSSR count). The van der Waals surface area contributed by atoms with E-state index >= 15 is 0 Å². The molecule has 2 heterocycles. The van der Waals surface area contributed by atoms with Crippen LogP contribution in [0.1, 0.15) is 22.9 Å². The van der Waals surface area contributed by atoms with Gasteiger partial charge in [-0.15, -0.1) is 0 Å². The van der Waals surface area contributed by atoms with Crippen molar-refractivity contribution >= 4 is 11.3 Å². The fourth-order valence-corrected chi connectivity index (χ4v) is 2.17. The number of nitrogens with zero attached hydrogens (tertiary/aromatic N) is 1. The largest absolute Gasteiger partial charge is 0.324 e. The second-order valence-corrected chi connectivity index (χ2v) is 4.47. The summed E-state index contributed by atoms with van der Waals surface area (Å²) in [4.78, 5) is 4.35. The van der Waals surface area contributed by atoms with E-state index in [4.69, 9.17) is 5.73 Å². The summed E-state index contributed by atoms with van der Waals surface area (Å²) >= 11 is 1.68. The van der Waals surface area contributed by atoms with E-state index in [0.717, 1.165) is 12.1 Å². The highest BCUT2D eigenvalue weighted by atomic mass is 32.1. The molecular formula is C12H14N2S. The highest BCUT2D eigenvalue weighted by Gasteiger charge is 2.07. The molecule has 0 saturated carbocycles. The summed E-state index contributed by atoms with van der Waals surface area (Å²) in [5.74, 6) is 0. The Balaban J connectivity index is 2.06. The van der Waals surface area contributed by atoms with Gasteiger partial charge in [-0.1, -0.05) is 6.07 Å². The Morgan fingerprint density at radius 2 is 2.27 bits per heavy atom. The monoisotopic (exact) mass is 218 g/mol. The van der Waals surface area contributed by atoms with E-state index in [-0.39, 0.29) is 6.04 Å². The average Bonchev–Trinajstić information content (AvgIpc) is 2.74. The van der Waals surface area contributed by atoms with Crippen LogP contribution in [0.15, 0.2) is 35.2 Å². The standard InChI is InChI=1S/C12H14N2S/c1-9-2-3-11(14-7-9)6-12(13)10-4-5-15-8-10/h2-5,7-8,12H,6,13H2,1H3. The van der Waals surface area contributed by atoms with Crippen molar-refractivity contribution in [1.29, 1.82) is 0 Å². The molecule has 0 aliphatic carbocycles. The summed E-state index contributed by atoms with van der Waals surface area (Å²) in [6.45, 7) is 2.04. The first-order valence-electron chi connectivity index (χ1n) is 4.95. The number of pyridine rings is 1. The Hall–Kier alpha value is -1.19. The van der Waals surface area contributed by atoms with Gasteiger partial charge in [0.05, 0.1) is 0 Å². The van der Waals surface area contributed by atoms with Crippen LogP contribution in [0.4, 0.5) is 0 Å². The smallest absolute Gasteiger partial charge is 0.0422 e. The van der Waals surface area contributed by atoms with Crippen LogP contribution >= 0.6 is 11.3 Å². The van der Waals surface area contributed by atoms with Gasteiger partial charge in [-0.2, -0.15) is 11.3 Å². The van der Waals surface area contributed by atoms with Gasteiger partial charge in [0.1, 0.15) is 0 Å². The van der Waals surface area contributed by atoms with E-state index in [1.807, 2.05) is 19.2 Å². The Kier molecular flexibility index (Phi) is 3.14. The van der Waals surface area contributed by atoms with Crippen molar-refractivity contribution in [3.05, 3.63) is 52.0 Å². The SMILES string of the molecule is Cc1ccc(CC(N)c2ccsc2)nc1. The summed E-state index contributed by atoms with van der Waals surface area (Å²) in [5.41, 5.74) is 9.51. The lowest BCUT2D eigenvalue weighted by molar-refractivity contribution is 0.709. The Bertz CT molecular complexity index is 406. The minimum atomic E-state index is 0.0615. The van der Waals surface area contributed by atoms with E-state index in [0.29, 0.717) is 0 Å². The lowest BCUT2D eigenvalue weighted by atomic mass is 10.1. The van der Waals surface area contributed by atoms with Gasteiger partial charge in [-0.25, -0.2) is 0 Å². The van der Waals surface area contributed by atoms with Crippen molar-refractivity contribution in [2.24, 2.45) is 5.73 Å². The fourth-order valence-electron chi connectivity index (χ4n) is 1.45. The number of thiophene rings is 1. The van der Waals surface area contributed by atoms with Crippen molar-refractivity contribution in [2.75, 3.05) is 0 Å². The van der Waals surface area contributed by atoms with Crippen molar-refractivity contribution in [2.45, 2.75) is 19.4 Å². The Morgan fingerprint density at radius 1 is 1.40 bits per heavy atom. The van der Waals surface area contributed by atoms with Crippen molar-refractivity contribution in [1.82, 2.24) is 4.98 Å². The molecular weight excluding hydrogens is 204 g/mol. The summed E-state index contributed by atoms with van der Waals surface area (Å²) in [7, 11) is 0. The molecule has 0 fully saturated rings. The van der Waals surface area contributed by atoms with E-state index in [1.54, 1.807) is 11.3 Å². The lowest BCUT2D eigenvalue weighted by Gasteiger charge is -2.09. The molecule has 2 nitrogen and oxygen atoms in total. The molecule has 15 heavy (non-hydrogen) atoms. The predicted octanol–water partition coefficient (Wildman–Crippen LogP) is 2.69. The number of aromatic nitrogens is 1. The molecule has 0 spiro atoms. The zero-order chi connectivity index (χ0) is 10.7. The van der Waals surface area contributed by atoms with Crippen molar-refractivity contribution < 1.29 is 0 Å². The summed E-state index contributed by atoms with van der Waals surface area (Å²) < 4.78 is 0. The first kappa shape index (κ1) is 10.3. The molecule has 2 N–H and O–H groups in total. The number of hydrogen-bond acceptors (Lipinski definition) is 3. The van der Waals surface area contributed by atoms with Gasteiger partial charge in [-0.05, 0) is 40.9 Å². The fraction of sp³-hybridized carbons (Fsp3) is 0.250. The summed E-state index contributed by atoms with van der Waals surface area (Å²) in [5, 5.41) is 4.15. The normalized spacial score (nSPS) is 12.7. The second-order valence-electron chi connectivity index (χ2n) is 3.69. The van der Waals surface area contributed by atoms with Gasteiger partial charge in [0.15, 0.2) is 0 Å². The molecule has 0 saturated heterocycles. The quantitative estimate of drug-likeness (QED) is 0.860. The summed E-state index contributed by atoms with van der Waals surface area (Å²) in [6.07, 6.45) is 2.69. The minimum absolute atomic E-state index is 0.0615. The van der Waals surface area contributed by atoms with Crippen LogP contribution in [0.25, 0.3) is 0 Å². The van der Waals surface area contributed by atoms with Crippen LogP contribution in [0.5, 0.6) is 0 Å². The summed E-state index contributed by atoms with van der Waals surface area (Å²) in [6, 6.07) is 6.25. The number of rotatable bonds is 3. The first-order chi connectivity index (χ1) is 7.25. The van der Waals surface area contributed by atoms with Crippen LogP contribution < -0.4 is 5.73 Å². The lowest BCUT2D eigenvalue weighted by Crippen LogP contribution is -2.13. The molecule has 0 radical (unpaired) electrons. The van der Waals surface area contributed by atoms with Gasteiger partial charge in [-0.3, -0.25) is 4.98 Å². The number of hydrogen-bond donors (Lipinski definition) is 1. The van der Waals surface area contributed by atoms with E-state index in [1.165, 1.54) is 11.1 Å². The van der Waals surface area contributed by atoms with Crippen LogP contribution in [-0.2, 0) is 6.42 Å². The van der Waals surface area contributed by atoms with Crippen LogP contribution in [0.3, 0.4) is 0 Å². The van der Waals surface area contributed by atoms with Crippen molar-refractivity contribution in [3.8, 4) is 0 Å². The van der Waals surface area contributed by atoms with Crippen molar-refractivity contribution in [3.63, 3.8) is 0 Å². The average molecular weight is 218 g/mol. The molecule has 0 amide bonds. The van der Waals surface area contributed by atoms with E-state index in [9.17, 15) is 0 Å². The molecule has 0 bridgehead atoms. The molecule has 0 aromatic carbocycles. The maximum Gasteiger partial charge on any atom is 0.0422 e. The van der Waals surface area contributed by atoms with E-state index in [2.05, 4.69) is 27.9 Å². The van der Waals surface area contributed by atoms with Gasteiger partial charge in [0.25, 0.3) is 0 Å². The number of aryl methyl sites for hydroxylation is 1. The third-order valence-corrected chi connectivity index (χ3v) is 3.07. The van der Waals surface area contributed by atoms with Crippen LogP contribution in [0.2, 0.25) is 0 Å². The first-order valence-corrected chi connectivity index (χ1v) is 5.89. The molecule has 78 valence electrons. The molecule has 0 aliphatic heterocycles. The minimum Gasteiger partial charge on any atom is -0.324 e. The molecule has 1 unspecified atom stereocenters. The zero-order valence-electron chi connectivity index (χ0n) is 8.68. The van der Waals surface area contributed by atoms with Gasteiger partial charge in [0, 0.05) is 24.4 Å².